The first-order valence-electron chi connectivity index (χ1n) is 23.7. The molecule has 0 amide bonds. The number of fused-ring (bicyclic) bond motifs is 11. The standard InChI is InChI=1S/C64H46N4O.Pt/c1-64(2,3)44-33-35-52-56-30-17-37-65-63(56)68-60-40-47(34-36-53(60)55-29-16-28-54(62(55)68)50-24-10-11-25-51(50)57(52)38-44)69-46-23-14-22-45(39-46)66-41-67(59-32-13-12-31-58(59)66)61-48(42-18-6-4-7-19-42)26-15-27-49(61)43-20-8-5-9-21-43;/h4-36,38,41H,37H2,1-3H3;/q-4;+4. The van der Waals surface area contributed by atoms with Crippen molar-refractivity contribution in [2.45, 2.75) is 26.2 Å². The first-order valence-corrected chi connectivity index (χ1v) is 23.7. The van der Waals surface area contributed by atoms with Gasteiger partial charge in [0.1, 0.15) is 0 Å². The molecule has 0 saturated heterocycles. The molecule has 0 radical (unpaired) electrons. The van der Waals surface area contributed by atoms with Gasteiger partial charge in [0.05, 0.1) is 0 Å². The van der Waals surface area contributed by atoms with Gasteiger partial charge in [0.2, 0.25) is 0 Å². The van der Waals surface area contributed by atoms with Gasteiger partial charge in [0.15, 0.2) is 0 Å². The number of para-hydroxylation sites is 4. The van der Waals surface area contributed by atoms with Gasteiger partial charge in [-0.25, -0.2) is 0 Å². The number of aromatic nitrogens is 1. The zero-order valence-electron chi connectivity index (χ0n) is 38.9. The van der Waals surface area contributed by atoms with Crippen LogP contribution in [0.2, 0.25) is 0 Å². The molecule has 4 heterocycles. The summed E-state index contributed by atoms with van der Waals surface area (Å²) >= 11 is 0. The van der Waals surface area contributed by atoms with E-state index in [9.17, 15) is 0 Å². The topological polar surface area (TPSA) is 34.2 Å². The van der Waals surface area contributed by atoms with Gasteiger partial charge in [-0.1, -0.05) is 190 Å². The Hall–Kier alpha value is -7.85. The molecule has 5 nitrogen and oxygen atoms in total. The summed E-state index contributed by atoms with van der Waals surface area (Å²) in [6, 6.07) is 76.6. The van der Waals surface area contributed by atoms with E-state index in [0.29, 0.717) is 18.0 Å². The molecule has 70 heavy (non-hydrogen) atoms. The van der Waals surface area contributed by atoms with Crippen molar-refractivity contribution in [1.29, 1.82) is 0 Å². The SMILES string of the molecule is CC(C)(C)c1ccc2c3c(n4c5[c-]c(Oc6[c-]c(N7[CH-]N(c8c(-c9ccccc9)cccc8-c8ccccc8)c8ccccc87)ccc6)ccc5c5cccc(c6ccccc6c2c1)c54)[N-]CC=C3.[Pt+4]. The summed E-state index contributed by atoms with van der Waals surface area (Å²) in [5.74, 6) is 2.09. The molecule has 11 aromatic rings. The van der Waals surface area contributed by atoms with Crippen molar-refractivity contribution in [3.8, 4) is 33.8 Å². The molecule has 9 aromatic carbocycles. The van der Waals surface area contributed by atoms with Gasteiger partial charge in [0, 0.05) is 39.7 Å². The van der Waals surface area contributed by atoms with Crippen molar-refractivity contribution in [2.24, 2.45) is 0 Å². The van der Waals surface area contributed by atoms with E-state index >= 15 is 0 Å². The van der Waals surface area contributed by atoms with E-state index in [4.69, 9.17) is 10.1 Å². The minimum absolute atomic E-state index is 0. The molecular weight excluding hydrogens is 1040 g/mol. The van der Waals surface area contributed by atoms with Gasteiger partial charge in [-0.2, -0.15) is 12.1 Å². The fourth-order valence-electron chi connectivity index (χ4n) is 10.5. The van der Waals surface area contributed by atoms with Crippen molar-refractivity contribution in [3.05, 3.63) is 235 Å². The van der Waals surface area contributed by atoms with Crippen LogP contribution in [0.3, 0.4) is 0 Å². The van der Waals surface area contributed by atoms with E-state index in [2.05, 4.69) is 242 Å². The van der Waals surface area contributed by atoms with Gasteiger partial charge in [-0.15, -0.1) is 53.6 Å². The minimum atomic E-state index is -0.0187. The molecule has 0 atom stereocenters. The van der Waals surface area contributed by atoms with Crippen LogP contribution in [-0.2, 0) is 26.5 Å². The number of hydrogen-bond donors (Lipinski definition) is 0. The number of ether oxygens (including phenoxy) is 1. The summed E-state index contributed by atoms with van der Waals surface area (Å²) < 4.78 is 9.15. The Morgan fingerprint density at radius 3 is 1.83 bits per heavy atom. The average Bonchev–Trinajstić information content (AvgIpc) is 3.95. The average molecular weight is 1080 g/mol. The second kappa shape index (κ2) is 17.3. The van der Waals surface area contributed by atoms with E-state index in [1.807, 2.05) is 18.2 Å². The molecule has 0 spiro atoms. The quantitative estimate of drug-likeness (QED) is 0.156. The molecule has 0 unspecified atom stereocenters. The van der Waals surface area contributed by atoms with E-state index in [-0.39, 0.29) is 26.5 Å². The predicted octanol–water partition coefficient (Wildman–Crippen LogP) is 17.6. The second-order valence-corrected chi connectivity index (χ2v) is 18.9. The Morgan fingerprint density at radius 1 is 0.529 bits per heavy atom. The fourth-order valence-corrected chi connectivity index (χ4v) is 10.5. The third-order valence-corrected chi connectivity index (χ3v) is 13.7. The molecule has 338 valence electrons. The molecule has 2 aliphatic heterocycles. The molecule has 0 bridgehead atoms. The van der Waals surface area contributed by atoms with Gasteiger partial charge >= 0.3 is 21.1 Å². The summed E-state index contributed by atoms with van der Waals surface area (Å²) in [5, 5.41) is 13.5. The summed E-state index contributed by atoms with van der Waals surface area (Å²) in [5.41, 5.74) is 13.0. The Bertz CT molecular complexity index is 3850. The zero-order chi connectivity index (χ0) is 46.2. The molecule has 6 heteroatoms. The maximum Gasteiger partial charge on any atom is 4.00 e. The predicted molar refractivity (Wildman–Crippen MR) is 288 cm³/mol. The van der Waals surface area contributed by atoms with E-state index in [0.717, 1.165) is 89.0 Å². The van der Waals surface area contributed by atoms with Crippen molar-refractivity contribution in [1.82, 2.24) is 4.40 Å². The molecule has 0 aliphatic carbocycles. The van der Waals surface area contributed by atoms with Crippen LogP contribution in [-0.4, -0.2) is 10.9 Å². The van der Waals surface area contributed by atoms with E-state index < -0.39 is 0 Å². The third kappa shape index (κ3) is 7.18. The van der Waals surface area contributed by atoms with Crippen molar-refractivity contribution < 1.29 is 25.8 Å². The largest absolute Gasteiger partial charge is 4.00 e. The van der Waals surface area contributed by atoms with Crippen LogP contribution in [0.4, 0.5) is 28.6 Å². The molecule has 2 aliphatic rings. The number of benzene rings is 9. The maximum absolute atomic E-state index is 6.82. The molecule has 0 N–H and O–H groups in total. The van der Waals surface area contributed by atoms with Gasteiger partial charge in [-0.3, -0.25) is 0 Å². The fraction of sp³-hybridized carbons (Fsp3) is 0.0781. The minimum Gasteiger partial charge on any atom is -0.509 e. The Labute approximate surface area is 422 Å². The first kappa shape index (κ1) is 43.4. The van der Waals surface area contributed by atoms with E-state index in [1.165, 1.54) is 21.7 Å². The van der Waals surface area contributed by atoms with E-state index in [1.54, 1.807) is 0 Å². The molecular formula is C64H46N4OPt. The number of rotatable bonds is 6. The Kier molecular flexibility index (Phi) is 10.7. The molecule has 0 fully saturated rings. The maximum atomic E-state index is 6.82. The summed E-state index contributed by atoms with van der Waals surface area (Å²) in [4.78, 5) is 4.53. The third-order valence-electron chi connectivity index (χ3n) is 13.7. The van der Waals surface area contributed by atoms with Crippen LogP contribution in [0.1, 0.15) is 31.9 Å². The van der Waals surface area contributed by atoms with Crippen LogP contribution in [0.5, 0.6) is 11.5 Å². The zero-order valence-corrected chi connectivity index (χ0v) is 41.2. The van der Waals surface area contributed by atoms with Crippen LogP contribution < -0.4 is 14.5 Å². The monoisotopic (exact) mass is 1080 g/mol. The Balaban J connectivity index is 0.00000505. The summed E-state index contributed by atoms with van der Waals surface area (Å²) in [7, 11) is 0. The van der Waals surface area contributed by atoms with Gasteiger partial charge < -0.3 is 24.3 Å². The molecule has 2 aromatic heterocycles. The first-order chi connectivity index (χ1) is 33.9. The van der Waals surface area contributed by atoms with Crippen molar-refractivity contribution in [3.63, 3.8) is 0 Å². The van der Waals surface area contributed by atoms with Crippen LogP contribution >= 0.6 is 0 Å². The van der Waals surface area contributed by atoms with Gasteiger partial charge in [-0.05, 0) is 84.9 Å². The number of hydrogen-bond acceptors (Lipinski definition) is 3. The Morgan fingerprint density at radius 2 is 1.11 bits per heavy atom. The normalized spacial score (nSPS) is 13.1. The number of nitrogens with zero attached hydrogens (tertiary/aromatic N) is 4. The van der Waals surface area contributed by atoms with Crippen LogP contribution in [0.25, 0.3) is 82.4 Å². The van der Waals surface area contributed by atoms with Crippen LogP contribution in [0, 0.1) is 18.8 Å². The van der Waals surface area contributed by atoms with Crippen molar-refractivity contribution in [2.75, 3.05) is 16.3 Å². The summed E-state index contributed by atoms with van der Waals surface area (Å²) in [6.07, 6.45) is 4.42. The van der Waals surface area contributed by atoms with Gasteiger partial charge in [0.25, 0.3) is 0 Å². The van der Waals surface area contributed by atoms with Crippen LogP contribution in [0.15, 0.2) is 200 Å². The number of anilines is 4. The smallest absolute Gasteiger partial charge is 0.509 e. The second-order valence-electron chi connectivity index (χ2n) is 18.9. The van der Waals surface area contributed by atoms with Crippen molar-refractivity contribution >= 4 is 83.4 Å². The molecule has 0 saturated carbocycles. The summed E-state index contributed by atoms with van der Waals surface area (Å²) in [6.45, 7) is 9.62. The molecule has 13 rings (SSSR count).